The average Bonchev–Trinajstić information content (AvgIpc) is 2.56. The van der Waals surface area contributed by atoms with Crippen molar-refractivity contribution in [3.05, 3.63) is 0 Å². The Bertz CT molecular complexity index is 144. The van der Waals surface area contributed by atoms with Crippen LogP contribution < -0.4 is 0 Å². The first-order valence-electron chi connectivity index (χ1n) is 5.24. The molecule has 0 aromatic heterocycles. The van der Waals surface area contributed by atoms with Gasteiger partial charge in [0.15, 0.2) is 0 Å². The van der Waals surface area contributed by atoms with E-state index in [9.17, 15) is 0 Å². The summed E-state index contributed by atoms with van der Waals surface area (Å²) < 4.78 is 2.57. The molecule has 0 spiro atoms. The molecule has 0 amide bonds. The molecule has 2 rings (SSSR count). The van der Waals surface area contributed by atoms with Crippen LogP contribution >= 0.6 is 11.9 Å². The van der Waals surface area contributed by atoms with Gasteiger partial charge in [-0.15, -0.1) is 0 Å². The van der Waals surface area contributed by atoms with Gasteiger partial charge in [-0.25, -0.2) is 0 Å². The maximum Gasteiger partial charge on any atom is 0.0124 e. The van der Waals surface area contributed by atoms with E-state index in [0.29, 0.717) is 0 Å². The van der Waals surface area contributed by atoms with Crippen LogP contribution in [0.1, 0.15) is 26.7 Å². The zero-order chi connectivity index (χ0) is 8.55. The van der Waals surface area contributed by atoms with Crippen molar-refractivity contribution in [1.29, 1.82) is 0 Å². The molecule has 0 N–H and O–H groups in total. The third-order valence-electron chi connectivity index (χ3n) is 3.27. The van der Waals surface area contributed by atoms with Crippen LogP contribution in [0.5, 0.6) is 0 Å². The molecule has 2 heteroatoms. The highest BCUT2D eigenvalue weighted by molar-refractivity contribution is 7.96. The van der Waals surface area contributed by atoms with E-state index in [1.165, 1.54) is 31.7 Å². The number of hydrogen-bond donors (Lipinski definition) is 0. The minimum absolute atomic E-state index is 1.09. The normalized spacial score (nSPS) is 40.0. The molecule has 0 aromatic rings. The van der Waals surface area contributed by atoms with Crippen molar-refractivity contribution in [2.75, 3.05) is 18.8 Å². The molecule has 1 saturated heterocycles. The molecule has 2 unspecified atom stereocenters. The molecule has 0 bridgehead atoms. The Labute approximate surface area is 80.0 Å². The molecule has 70 valence electrons. The van der Waals surface area contributed by atoms with Crippen LogP contribution in [0, 0.1) is 17.8 Å². The van der Waals surface area contributed by atoms with Gasteiger partial charge in [-0.2, -0.15) is 0 Å². The van der Waals surface area contributed by atoms with Gasteiger partial charge in [-0.3, -0.25) is 4.31 Å². The van der Waals surface area contributed by atoms with Gasteiger partial charge >= 0.3 is 0 Å². The summed E-state index contributed by atoms with van der Waals surface area (Å²) in [4.78, 5) is 0. The predicted molar refractivity (Wildman–Crippen MR) is 55.1 cm³/mol. The standard InChI is InChI=1S/C10H19NS/c1-3-5-8-9-6-11(12-4-2)7-10(8)9/h8-10H,3-7H2,1-2H3. The zero-order valence-corrected chi connectivity index (χ0v) is 8.94. The number of hydrogen-bond acceptors (Lipinski definition) is 2. The van der Waals surface area contributed by atoms with E-state index in [4.69, 9.17) is 0 Å². The van der Waals surface area contributed by atoms with Crippen LogP contribution in [-0.2, 0) is 0 Å². The van der Waals surface area contributed by atoms with E-state index in [1.807, 2.05) is 11.9 Å². The second-order valence-corrected chi connectivity index (χ2v) is 5.40. The van der Waals surface area contributed by atoms with Gasteiger partial charge in [0.05, 0.1) is 0 Å². The first-order valence-corrected chi connectivity index (χ1v) is 6.19. The molecular formula is C10H19NS. The van der Waals surface area contributed by atoms with E-state index < -0.39 is 0 Å². The quantitative estimate of drug-likeness (QED) is 0.619. The lowest BCUT2D eigenvalue weighted by Gasteiger charge is -2.16. The van der Waals surface area contributed by atoms with Crippen LogP contribution in [0.2, 0.25) is 0 Å². The fourth-order valence-electron chi connectivity index (χ4n) is 2.66. The molecule has 2 atom stereocenters. The minimum atomic E-state index is 1.09. The van der Waals surface area contributed by atoms with Crippen molar-refractivity contribution >= 4 is 11.9 Å². The lowest BCUT2D eigenvalue weighted by molar-refractivity contribution is 0.446. The summed E-state index contributed by atoms with van der Waals surface area (Å²) >= 11 is 2.03. The van der Waals surface area contributed by atoms with E-state index in [2.05, 4.69) is 18.2 Å². The maximum absolute atomic E-state index is 2.57. The summed E-state index contributed by atoms with van der Waals surface area (Å²) in [6.07, 6.45) is 2.87. The third kappa shape index (κ3) is 1.51. The van der Waals surface area contributed by atoms with Crippen LogP contribution in [0.15, 0.2) is 0 Å². The summed E-state index contributed by atoms with van der Waals surface area (Å²) in [6.45, 7) is 7.33. The minimum Gasteiger partial charge on any atom is -0.250 e. The summed E-state index contributed by atoms with van der Waals surface area (Å²) in [5, 5.41) is 0. The molecule has 1 heterocycles. The highest BCUT2D eigenvalue weighted by Gasteiger charge is 2.54. The lowest BCUT2D eigenvalue weighted by atomic mass is 10.2. The monoisotopic (exact) mass is 185 g/mol. The van der Waals surface area contributed by atoms with Gasteiger partial charge in [-0.1, -0.05) is 38.6 Å². The highest BCUT2D eigenvalue weighted by atomic mass is 32.2. The van der Waals surface area contributed by atoms with Gasteiger partial charge in [0.2, 0.25) is 0 Å². The highest BCUT2D eigenvalue weighted by Crippen LogP contribution is 2.55. The Morgan fingerprint density at radius 3 is 2.42 bits per heavy atom. The number of nitrogens with zero attached hydrogens (tertiary/aromatic N) is 1. The number of fused-ring (bicyclic) bond motifs is 1. The van der Waals surface area contributed by atoms with Gasteiger partial charge in [0.1, 0.15) is 0 Å². The molecule has 1 nitrogen and oxygen atoms in total. The molecular weight excluding hydrogens is 166 g/mol. The number of piperidine rings is 1. The topological polar surface area (TPSA) is 3.24 Å². The van der Waals surface area contributed by atoms with Gasteiger partial charge in [-0.05, 0) is 17.8 Å². The Morgan fingerprint density at radius 2 is 1.92 bits per heavy atom. The van der Waals surface area contributed by atoms with E-state index in [-0.39, 0.29) is 0 Å². The summed E-state index contributed by atoms with van der Waals surface area (Å²) in [5.74, 6) is 4.54. The zero-order valence-electron chi connectivity index (χ0n) is 8.12. The lowest BCUT2D eigenvalue weighted by Crippen LogP contribution is -2.17. The molecule has 0 radical (unpaired) electrons. The Kier molecular flexibility index (Phi) is 2.66. The van der Waals surface area contributed by atoms with Crippen LogP contribution in [0.3, 0.4) is 0 Å². The van der Waals surface area contributed by atoms with Crippen molar-refractivity contribution in [3.63, 3.8) is 0 Å². The Hall–Kier alpha value is 0.310. The largest absolute Gasteiger partial charge is 0.250 e. The van der Waals surface area contributed by atoms with Crippen LogP contribution in [-0.4, -0.2) is 23.1 Å². The fraction of sp³-hybridized carbons (Fsp3) is 1.00. The number of rotatable bonds is 4. The summed E-state index contributed by atoms with van der Waals surface area (Å²) in [7, 11) is 0. The Balaban J connectivity index is 1.71. The van der Waals surface area contributed by atoms with Gasteiger partial charge in [0, 0.05) is 18.8 Å². The summed E-state index contributed by atoms with van der Waals surface area (Å²) in [6, 6.07) is 0. The van der Waals surface area contributed by atoms with Gasteiger partial charge in [0.25, 0.3) is 0 Å². The Morgan fingerprint density at radius 1 is 1.25 bits per heavy atom. The van der Waals surface area contributed by atoms with Crippen molar-refractivity contribution < 1.29 is 0 Å². The second kappa shape index (κ2) is 3.59. The van der Waals surface area contributed by atoms with Crippen molar-refractivity contribution in [2.24, 2.45) is 17.8 Å². The summed E-state index contributed by atoms with van der Waals surface area (Å²) in [5.41, 5.74) is 0. The van der Waals surface area contributed by atoms with Crippen LogP contribution in [0.4, 0.5) is 0 Å². The molecule has 2 aliphatic rings. The van der Waals surface area contributed by atoms with Crippen molar-refractivity contribution in [3.8, 4) is 0 Å². The molecule has 1 aliphatic heterocycles. The van der Waals surface area contributed by atoms with E-state index in [1.54, 1.807) is 0 Å². The first-order chi connectivity index (χ1) is 5.86. The second-order valence-electron chi connectivity index (χ2n) is 4.04. The van der Waals surface area contributed by atoms with Crippen molar-refractivity contribution in [2.45, 2.75) is 26.7 Å². The fourth-order valence-corrected chi connectivity index (χ4v) is 3.58. The van der Waals surface area contributed by atoms with Crippen molar-refractivity contribution in [1.82, 2.24) is 4.31 Å². The molecule has 0 aromatic carbocycles. The molecule has 1 saturated carbocycles. The molecule has 1 aliphatic carbocycles. The SMILES string of the molecule is CCCC1C2CN(SCC)CC12. The van der Waals surface area contributed by atoms with Crippen LogP contribution in [0.25, 0.3) is 0 Å². The van der Waals surface area contributed by atoms with Gasteiger partial charge < -0.3 is 0 Å². The third-order valence-corrected chi connectivity index (χ3v) is 4.19. The van der Waals surface area contributed by atoms with E-state index in [0.717, 1.165) is 17.8 Å². The van der Waals surface area contributed by atoms with E-state index >= 15 is 0 Å². The first kappa shape index (κ1) is 8.89. The average molecular weight is 185 g/mol. The predicted octanol–water partition coefficient (Wildman–Crippen LogP) is 2.63. The smallest absolute Gasteiger partial charge is 0.0124 e. The molecule has 2 fully saturated rings. The molecule has 12 heavy (non-hydrogen) atoms. The maximum atomic E-state index is 2.57.